The highest BCUT2D eigenvalue weighted by molar-refractivity contribution is 14.1. The first-order valence-corrected chi connectivity index (χ1v) is 3.28. The zero-order valence-corrected chi connectivity index (χ0v) is 6.46. The van der Waals surface area contributed by atoms with E-state index in [0.29, 0.717) is 19.8 Å². The summed E-state index contributed by atoms with van der Waals surface area (Å²) in [5, 5.41) is 0. The summed E-state index contributed by atoms with van der Waals surface area (Å²) in [5.74, 6) is 0. The largest absolute Gasteiger partial charge is 0.348 e. The first-order valence-electron chi connectivity index (χ1n) is 2.40. The van der Waals surface area contributed by atoms with Crippen LogP contribution in [0, 0.1) is 0 Å². The van der Waals surface area contributed by atoms with Crippen LogP contribution in [0.4, 0.5) is 0 Å². The lowest BCUT2D eigenvalue weighted by molar-refractivity contribution is -0.0606. The van der Waals surface area contributed by atoms with Gasteiger partial charge in [0.05, 0.1) is 13.2 Å². The Kier molecular flexibility index (Phi) is 3.03. The maximum Gasteiger partial charge on any atom is 0.182 e. The van der Waals surface area contributed by atoms with Gasteiger partial charge in [0.15, 0.2) is 6.29 Å². The van der Waals surface area contributed by atoms with Crippen LogP contribution in [0.5, 0.6) is 0 Å². The highest BCUT2D eigenvalue weighted by Gasteiger charge is 2.14. The summed E-state index contributed by atoms with van der Waals surface area (Å²) in [6.07, 6.45) is -0.119. The molecule has 0 N–H and O–H groups in total. The van der Waals surface area contributed by atoms with Gasteiger partial charge < -0.3 is 12.5 Å². The molecule has 0 aromatic carbocycles. The number of hydrogen-bond acceptors (Lipinski definition) is 3. The summed E-state index contributed by atoms with van der Waals surface area (Å²) >= 11 is 1.82. The van der Waals surface area contributed by atoms with E-state index in [0.717, 1.165) is 0 Å². The predicted octanol–water partition coefficient (Wildman–Crippen LogP) is 0.726. The van der Waals surface area contributed by atoms with Crippen molar-refractivity contribution in [1.29, 1.82) is 0 Å². The molecule has 0 amide bonds. The Bertz CT molecular complexity index is 62.3. The van der Waals surface area contributed by atoms with Gasteiger partial charge in [-0.2, -0.15) is 0 Å². The molecule has 0 radical (unpaired) electrons. The highest BCUT2D eigenvalue weighted by Crippen LogP contribution is 2.04. The van der Waals surface area contributed by atoms with Crippen molar-refractivity contribution >= 4 is 23.0 Å². The van der Waals surface area contributed by atoms with Gasteiger partial charge in [-0.3, -0.25) is 0 Å². The van der Waals surface area contributed by atoms with E-state index in [2.05, 4.69) is 0 Å². The van der Waals surface area contributed by atoms with E-state index in [1.165, 1.54) is 0 Å². The lowest BCUT2D eigenvalue weighted by Gasteiger charge is -2.03. The number of halogens is 1. The Morgan fingerprint density at radius 2 is 2.12 bits per heavy atom. The van der Waals surface area contributed by atoms with Crippen LogP contribution in [0.1, 0.15) is 0 Å². The van der Waals surface area contributed by atoms with Crippen LogP contribution in [0.3, 0.4) is 0 Å². The summed E-state index contributed by atoms with van der Waals surface area (Å²) in [6, 6.07) is 0. The molecule has 1 aliphatic rings. The molecule has 1 rings (SSSR count). The molecular weight excluding hydrogens is 223 g/mol. The fourth-order valence-corrected chi connectivity index (χ4v) is 0.848. The van der Waals surface area contributed by atoms with E-state index in [1.807, 2.05) is 23.0 Å². The van der Waals surface area contributed by atoms with E-state index >= 15 is 0 Å². The zero-order valence-electron chi connectivity index (χ0n) is 4.30. The standard InChI is InChI=1S/C4H7IO3/c5-8-3-4-6-1-2-7-4/h4H,1-3H2. The van der Waals surface area contributed by atoms with Crippen molar-refractivity contribution in [1.82, 2.24) is 0 Å². The van der Waals surface area contributed by atoms with Crippen molar-refractivity contribution in [3.63, 3.8) is 0 Å². The maximum atomic E-state index is 5.04. The lowest BCUT2D eigenvalue weighted by atomic mass is 10.7. The van der Waals surface area contributed by atoms with Crippen LogP contribution >= 0.6 is 23.0 Å². The van der Waals surface area contributed by atoms with Gasteiger partial charge in [0.1, 0.15) is 29.6 Å². The second-order valence-electron chi connectivity index (χ2n) is 1.45. The van der Waals surface area contributed by atoms with Crippen molar-refractivity contribution in [2.45, 2.75) is 6.29 Å². The van der Waals surface area contributed by atoms with E-state index in [4.69, 9.17) is 12.5 Å². The molecule has 0 bridgehead atoms. The third kappa shape index (κ3) is 1.85. The smallest absolute Gasteiger partial charge is 0.182 e. The Hall–Kier alpha value is 0.610. The van der Waals surface area contributed by atoms with Crippen molar-refractivity contribution in [2.24, 2.45) is 0 Å². The summed E-state index contributed by atoms with van der Waals surface area (Å²) < 4.78 is 14.8. The van der Waals surface area contributed by atoms with Crippen LogP contribution in [0.15, 0.2) is 0 Å². The highest BCUT2D eigenvalue weighted by atomic mass is 127. The maximum absolute atomic E-state index is 5.04. The van der Waals surface area contributed by atoms with Gasteiger partial charge in [-0.15, -0.1) is 0 Å². The summed E-state index contributed by atoms with van der Waals surface area (Å²) in [6.45, 7) is 1.93. The van der Waals surface area contributed by atoms with Gasteiger partial charge in [0, 0.05) is 0 Å². The van der Waals surface area contributed by atoms with Gasteiger partial charge in [-0.25, -0.2) is 0 Å². The fraction of sp³-hybridized carbons (Fsp3) is 1.00. The number of hydrogen-bond donors (Lipinski definition) is 0. The molecule has 1 heterocycles. The SMILES string of the molecule is IOCC1OCCO1. The molecule has 8 heavy (non-hydrogen) atoms. The van der Waals surface area contributed by atoms with E-state index < -0.39 is 0 Å². The molecule has 0 aliphatic carbocycles. The van der Waals surface area contributed by atoms with Crippen LogP contribution < -0.4 is 0 Å². The van der Waals surface area contributed by atoms with Gasteiger partial charge >= 0.3 is 0 Å². The topological polar surface area (TPSA) is 27.7 Å². The molecule has 0 saturated carbocycles. The molecule has 1 fully saturated rings. The molecule has 0 unspecified atom stereocenters. The molecule has 0 atom stereocenters. The minimum atomic E-state index is -0.119. The van der Waals surface area contributed by atoms with Gasteiger partial charge in [-0.05, 0) is 0 Å². The molecular formula is C4H7IO3. The van der Waals surface area contributed by atoms with E-state index in [-0.39, 0.29) is 6.29 Å². The van der Waals surface area contributed by atoms with Crippen molar-refractivity contribution in [2.75, 3.05) is 19.8 Å². The van der Waals surface area contributed by atoms with Gasteiger partial charge in [0.2, 0.25) is 0 Å². The molecule has 1 aliphatic heterocycles. The molecule has 0 spiro atoms. The average molecular weight is 230 g/mol. The number of ether oxygens (including phenoxy) is 2. The molecule has 48 valence electrons. The van der Waals surface area contributed by atoms with Crippen LogP contribution in [-0.2, 0) is 12.5 Å². The van der Waals surface area contributed by atoms with E-state index in [9.17, 15) is 0 Å². The minimum Gasteiger partial charge on any atom is -0.348 e. The Balaban J connectivity index is 2.06. The van der Waals surface area contributed by atoms with Gasteiger partial charge in [0.25, 0.3) is 0 Å². The second kappa shape index (κ2) is 3.60. The van der Waals surface area contributed by atoms with Crippen LogP contribution in [-0.4, -0.2) is 26.1 Å². The van der Waals surface area contributed by atoms with Crippen LogP contribution in [0.25, 0.3) is 0 Å². The third-order valence-corrected chi connectivity index (χ3v) is 1.25. The fourth-order valence-electron chi connectivity index (χ4n) is 0.555. The Labute approximate surface area is 62.0 Å². The average Bonchev–Trinajstić information content (AvgIpc) is 2.19. The molecule has 0 aromatic heterocycles. The number of rotatable bonds is 2. The van der Waals surface area contributed by atoms with Crippen LogP contribution in [0.2, 0.25) is 0 Å². The second-order valence-corrected chi connectivity index (χ2v) is 2.07. The molecule has 3 nitrogen and oxygen atoms in total. The van der Waals surface area contributed by atoms with Crippen molar-refractivity contribution < 1.29 is 12.5 Å². The monoisotopic (exact) mass is 230 g/mol. The first kappa shape index (κ1) is 6.73. The van der Waals surface area contributed by atoms with Crippen molar-refractivity contribution in [3.05, 3.63) is 0 Å². The zero-order chi connectivity index (χ0) is 5.82. The Morgan fingerprint density at radius 1 is 1.50 bits per heavy atom. The molecule has 1 saturated heterocycles. The van der Waals surface area contributed by atoms with Crippen molar-refractivity contribution in [3.8, 4) is 0 Å². The normalized spacial score (nSPS) is 22.1. The Morgan fingerprint density at radius 3 is 2.62 bits per heavy atom. The summed E-state index contributed by atoms with van der Waals surface area (Å²) in [5.41, 5.74) is 0. The summed E-state index contributed by atoms with van der Waals surface area (Å²) in [7, 11) is 0. The minimum absolute atomic E-state index is 0.119. The third-order valence-electron chi connectivity index (χ3n) is 0.890. The predicted molar refractivity (Wildman–Crippen MR) is 35.7 cm³/mol. The first-order chi connectivity index (χ1) is 3.93. The molecule has 4 heteroatoms. The van der Waals surface area contributed by atoms with Gasteiger partial charge in [-0.1, -0.05) is 0 Å². The summed E-state index contributed by atoms with van der Waals surface area (Å²) in [4.78, 5) is 0. The molecule has 0 aromatic rings. The quantitative estimate of drug-likeness (QED) is 0.654. The lowest BCUT2D eigenvalue weighted by Crippen LogP contribution is -2.12. The van der Waals surface area contributed by atoms with E-state index in [1.54, 1.807) is 0 Å².